The number of aromatic amines is 1. The number of nitrogens with one attached hydrogen (secondary N) is 2. The molecule has 6 nitrogen and oxygen atoms in total. The fourth-order valence-corrected chi connectivity index (χ4v) is 4.61. The lowest BCUT2D eigenvalue weighted by molar-refractivity contribution is -0.117. The number of nitrogens with zero attached hydrogens (tertiary/aromatic N) is 2. The van der Waals surface area contributed by atoms with Crippen LogP contribution in [0.2, 0.25) is 0 Å². The van der Waals surface area contributed by atoms with Crippen molar-refractivity contribution in [1.29, 1.82) is 0 Å². The van der Waals surface area contributed by atoms with Gasteiger partial charge in [-0.2, -0.15) is 0 Å². The number of amides is 1. The van der Waals surface area contributed by atoms with Gasteiger partial charge in [-0.25, -0.2) is 4.79 Å². The molecule has 0 saturated carbocycles. The zero-order valence-electron chi connectivity index (χ0n) is 19.0. The van der Waals surface area contributed by atoms with Crippen LogP contribution in [0.25, 0.3) is 23.2 Å². The molecule has 1 fully saturated rings. The second-order valence-electron chi connectivity index (χ2n) is 8.74. The molecule has 0 aliphatic carbocycles. The van der Waals surface area contributed by atoms with Crippen LogP contribution >= 0.6 is 0 Å². The van der Waals surface area contributed by atoms with E-state index < -0.39 is 0 Å². The Morgan fingerprint density at radius 1 is 0.882 bits per heavy atom. The van der Waals surface area contributed by atoms with Crippen LogP contribution in [0.5, 0.6) is 0 Å². The van der Waals surface area contributed by atoms with Gasteiger partial charge in [0.15, 0.2) is 0 Å². The summed E-state index contributed by atoms with van der Waals surface area (Å²) in [6.07, 6.45) is 5.82. The summed E-state index contributed by atoms with van der Waals surface area (Å²) in [5, 5.41) is 3.00. The number of hydrogen-bond acceptors (Lipinski definition) is 3. The number of anilines is 1. The lowest BCUT2D eigenvalue weighted by atomic mass is 10.0. The quantitative estimate of drug-likeness (QED) is 0.414. The maximum Gasteiger partial charge on any atom is 0.326 e. The van der Waals surface area contributed by atoms with Crippen LogP contribution in [0, 0.1) is 0 Å². The first-order chi connectivity index (χ1) is 16.7. The molecule has 3 aromatic carbocycles. The van der Waals surface area contributed by atoms with E-state index in [2.05, 4.69) is 39.5 Å². The molecule has 0 unspecified atom stereocenters. The fourth-order valence-electron chi connectivity index (χ4n) is 4.61. The number of para-hydroxylation sites is 2. The predicted octanol–water partition coefficient (Wildman–Crippen LogP) is 4.78. The third-order valence-corrected chi connectivity index (χ3v) is 6.38. The van der Waals surface area contributed by atoms with Crippen molar-refractivity contribution in [1.82, 2.24) is 14.5 Å². The minimum absolute atomic E-state index is 0.0183. The van der Waals surface area contributed by atoms with Gasteiger partial charge in [0, 0.05) is 24.8 Å². The molecule has 0 atom stereocenters. The lowest BCUT2D eigenvalue weighted by Gasteiger charge is -2.32. The van der Waals surface area contributed by atoms with Gasteiger partial charge in [0.05, 0.1) is 17.6 Å². The van der Waals surface area contributed by atoms with Crippen LogP contribution < -0.4 is 11.0 Å². The highest BCUT2D eigenvalue weighted by Gasteiger charge is 2.24. The van der Waals surface area contributed by atoms with Crippen LogP contribution in [0.15, 0.2) is 83.7 Å². The van der Waals surface area contributed by atoms with Crippen molar-refractivity contribution in [2.75, 3.05) is 25.0 Å². The Morgan fingerprint density at radius 2 is 1.53 bits per heavy atom. The average molecular weight is 453 g/mol. The Kier molecular flexibility index (Phi) is 6.40. The van der Waals surface area contributed by atoms with Crippen molar-refractivity contribution in [3.05, 3.63) is 100 Å². The number of benzene rings is 3. The van der Waals surface area contributed by atoms with E-state index in [1.54, 1.807) is 0 Å². The van der Waals surface area contributed by atoms with Gasteiger partial charge >= 0.3 is 5.69 Å². The Hall–Kier alpha value is -3.90. The van der Waals surface area contributed by atoms with Crippen molar-refractivity contribution in [2.45, 2.75) is 18.9 Å². The fraction of sp³-hybridized carbons (Fsp3) is 0.214. The number of carbonyl (C=O) groups excluding carboxylic acids is 1. The number of hydrogen-bond donors (Lipinski definition) is 2. The molecule has 172 valence electrons. The van der Waals surface area contributed by atoms with E-state index in [9.17, 15) is 9.59 Å². The van der Waals surface area contributed by atoms with Crippen LogP contribution in [0.4, 0.5) is 5.69 Å². The van der Waals surface area contributed by atoms with Gasteiger partial charge < -0.3 is 10.3 Å². The summed E-state index contributed by atoms with van der Waals surface area (Å²) in [5.41, 5.74) is 4.79. The normalized spacial score (nSPS) is 15.2. The van der Waals surface area contributed by atoms with Crippen molar-refractivity contribution in [3.8, 4) is 0 Å². The average Bonchev–Trinajstić information content (AvgIpc) is 3.20. The zero-order chi connectivity index (χ0) is 23.3. The van der Waals surface area contributed by atoms with Crippen molar-refractivity contribution in [2.24, 2.45) is 0 Å². The second-order valence-corrected chi connectivity index (χ2v) is 8.74. The number of H-pyrrole nitrogens is 1. The molecule has 1 aliphatic heterocycles. The van der Waals surface area contributed by atoms with Crippen LogP contribution in [0.3, 0.4) is 0 Å². The molecule has 1 saturated heterocycles. The van der Waals surface area contributed by atoms with Gasteiger partial charge in [0.25, 0.3) is 0 Å². The van der Waals surface area contributed by atoms with Gasteiger partial charge in [-0.1, -0.05) is 66.7 Å². The SMILES string of the molecule is O=C(CN1CCC(n2c(=O)[nH]c3ccccc32)CC1)Nc1ccc(C=Cc2ccccc2)cc1. The summed E-state index contributed by atoms with van der Waals surface area (Å²) in [7, 11) is 0. The van der Waals surface area contributed by atoms with Gasteiger partial charge in [0.1, 0.15) is 0 Å². The molecule has 1 amide bonds. The Bertz CT molecular complexity index is 1340. The minimum atomic E-state index is -0.0561. The topological polar surface area (TPSA) is 70.1 Å². The number of piperidine rings is 1. The van der Waals surface area contributed by atoms with E-state index in [1.807, 2.05) is 71.3 Å². The third-order valence-electron chi connectivity index (χ3n) is 6.38. The Labute approximate surface area is 198 Å². The molecule has 4 aromatic rings. The summed E-state index contributed by atoms with van der Waals surface area (Å²) < 4.78 is 1.88. The summed E-state index contributed by atoms with van der Waals surface area (Å²) in [6.45, 7) is 1.92. The van der Waals surface area contributed by atoms with E-state index in [0.717, 1.165) is 53.8 Å². The molecule has 5 rings (SSSR count). The predicted molar refractivity (Wildman–Crippen MR) is 138 cm³/mol. The Balaban J connectivity index is 1.13. The number of likely N-dealkylation sites (tertiary alicyclic amines) is 1. The van der Waals surface area contributed by atoms with E-state index >= 15 is 0 Å². The number of carbonyl (C=O) groups is 1. The number of fused-ring (bicyclic) bond motifs is 1. The van der Waals surface area contributed by atoms with E-state index in [4.69, 9.17) is 0 Å². The molecule has 1 aliphatic rings. The minimum Gasteiger partial charge on any atom is -0.325 e. The molecule has 2 N–H and O–H groups in total. The third kappa shape index (κ3) is 5.02. The maximum atomic E-state index is 12.6. The van der Waals surface area contributed by atoms with Crippen molar-refractivity contribution < 1.29 is 4.79 Å². The standard InChI is InChI=1S/C28H28N4O2/c33-27(29-23-14-12-22(13-15-23)11-10-21-6-2-1-3-7-21)20-31-18-16-24(17-19-31)32-26-9-5-4-8-25(26)30-28(32)34/h1-15,24H,16-20H2,(H,29,33)(H,30,34). The van der Waals surface area contributed by atoms with Crippen LogP contribution in [-0.4, -0.2) is 40.0 Å². The van der Waals surface area contributed by atoms with Gasteiger partial charge in [0.2, 0.25) is 5.91 Å². The van der Waals surface area contributed by atoms with Crippen LogP contribution in [-0.2, 0) is 4.79 Å². The smallest absolute Gasteiger partial charge is 0.325 e. The lowest BCUT2D eigenvalue weighted by Crippen LogP contribution is -2.40. The molecular weight excluding hydrogens is 424 g/mol. The van der Waals surface area contributed by atoms with Gasteiger partial charge in [-0.3, -0.25) is 14.3 Å². The van der Waals surface area contributed by atoms with Gasteiger partial charge in [-0.05, 0) is 48.2 Å². The molecule has 6 heteroatoms. The summed E-state index contributed by atoms with van der Waals surface area (Å²) >= 11 is 0. The van der Waals surface area contributed by atoms with Crippen LogP contribution in [0.1, 0.15) is 30.0 Å². The van der Waals surface area contributed by atoms with Crippen molar-refractivity contribution >= 4 is 34.8 Å². The number of aromatic nitrogens is 2. The highest BCUT2D eigenvalue weighted by molar-refractivity contribution is 5.92. The highest BCUT2D eigenvalue weighted by atomic mass is 16.2. The molecular formula is C28H28N4O2. The molecule has 2 heterocycles. The summed E-state index contributed by atoms with van der Waals surface area (Å²) in [6, 6.07) is 26.0. The molecule has 34 heavy (non-hydrogen) atoms. The van der Waals surface area contributed by atoms with E-state index in [0.29, 0.717) is 6.54 Å². The summed E-state index contributed by atoms with van der Waals surface area (Å²) in [4.78, 5) is 30.1. The second kappa shape index (κ2) is 9.93. The first kappa shape index (κ1) is 21.9. The molecule has 1 aromatic heterocycles. The molecule has 0 radical (unpaired) electrons. The highest BCUT2D eigenvalue weighted by Crippen LogP contribution is 2.24. The molecule has 0 bridgehead atoms. The monoisotopic (exact) mass is 452 g/mol. The first-order valence-corrected chi connectivity index (χ1v) is 11.7. The largest absolute Gasteiger partial charge is 0.326 e. The number of imidazole rings is 1. The van der Waals surface area contributed by atoms with E-state index in [-0.39, 0.29) is 17.6 Å². The summed E-state index contributed by atoms with van der Waals surface area (Å²) in [5.74, 6) is -0.0183. The maximum absolute atomic E-state index is 12.6. The van der Waals surface area contributed by atoms with Crippen molar-refractivity contribution in [3.63, 3.8) is 0 Å². The van der Waals surface area contributed by atoms with E-state index in [1.165, 1.54) is 0 Å². The molecule has 0 spiro atoms. The van der Waals surface area contributed by atoms with Gasteiger partial charge in [-0.15, -0.1) is 0 Å². The Morgan fingerprint density at radius 3 is 2.26 bits per heavy atom. The number of rotatable bonds is 6. The zero-order valence-corrected chi connectivity index (χ0v) is 19.0. The first-order valence-electron chi connectivity index (χ1n) is 11.7.